The van der Waals surface area contributed by atoms with Gasteiger partial charge in [-0.25, -0.2) is 4.39 Å². The third kappa shape index (κ3) is 2.49. The molecule has 1 aromatic heterocycles. The molecule has 0 unspecified atom stereocenters. The zero-order chi connectivity index (χ0) is 15.3. The number of halogens is 3. The fourth-order valence-corrected chi connectivity index (χ4v) is 3.90. The third-order valence-electron chi connectivity index (χ3n) is 3.40. The molecule has 0 aliphatic heterocycles. The SMILES string of the molecule is Cc1cc(Br)cc(C)c1-n1c(=S)[nH]c2cc(F)c(Br)cc21. The molecule has 0 aliphatic carbocycles. The van der Waals surface area contributed by atoms with Gasteiger partial charge in [0.05, 0.1) is 21.2 Å². The lowest BCUT2D eigenvalue weighted by Crippen LogP contribution is -2.00. The first kappa shape index (κ1) is 14.9. The molecular weight excluding hydrogens is 419 g/mol. The zero-order valence-corrected chi connectivity index (χ0v) is 15.3. The summed E-state index contributed by atoms with van der Waals surface area (Å²) in [6, 6.07) is 7.29. The van der Waals surface area contributed by atoms with Crippen LogP contribution in [-0.2, 0) is 0 Å². The minimum absolute atomic E-state index is 0.310. The van der Waals surface area contributed by atoms with Crippen molar-refractivity contribution in [2.45, 2.75) is 13.8 Å². The van der Waals surface area contributed by atoms with Crippen LogP contribution in [0.2, 0.25) is 0 Å². The molecule has 0 fully saturated rings. The van der Waals surface area contributed by atoms with Gasteiger partial charge in [-0.2, -0.15) is 0 Å². The molecule has 0 spiro atoms. The minimum Gasteiger partial charge on any atom is -0.330 e. The maximum absolute atomic E-state index is 13.7. The number of H-pyrrole nitrogens is 1. The monoisotopic (exact) mass is 428 g/mol. The van der Waals surface area contributed by atoms with Gasteiger partial charge < -0.3 is 4.98 Å². The normalized spacial score (nSPS) is 11.3. The molecule has 0 saturated carbocycles. The van der Waals surface area contributed by atoms with Crippen LogP contribution >= 0.6 is 44.1 Å². The Bertz CT molecular complexity index is 904. The molecule has 3 rings (SSSR count). The molecule has 0 aliphatic rings. The molecule has 0 atom stereocenters. The van der Waals surface area contributed by atoms with Crippen molar-refractivity contribution in [1.82, 2.24) is 9.55 Å². The average molecular weight is 430 g/mol. The number of nitrogens with one attached hydrogen (secondary N) is 1. The first-order valence-corrected chi connectivity index (χ1v) is 8.25. The Balaban J connectivity index is 2.44. The van der Waals surface area contributed by atoms with Crippen LogP contribution in [0, 0.1) is 24.4 Å². The molecule has 108 valence electrons. The Morgan fingerprint density at radius 1 is 1.10 bits per heavy atom. The molecule has 6 heteroatoms. The van der Waals surface area contributed by atoms with Gasteiger partial charge in [-0.3, -0.25) is 4.57 Å². The number of benzene rings is 2. The summed E-state index contributed by atoms with van der Waals surface area (Å²) in [5, 5.41) is 0. The van der Waals surface area contributed by atoms with Crippen molar-refractivity contribution in [2.75, 3.05) is 0 Å². The van der Waals surface area contributed by atoms with E-state index in [2.05, 4.69) is 36.8 Å². The Morgan fingerprint density at radius 3 is 2.33 bits per heavy atom. The number of hydrogen-bond donors (Lipinski definition) is 1. The van der Waals surface area contributed by atoms with E-state index in [1.54, 1.807) is 6.07 Å². The largest absolute Gasteiger partial charge is 0.330 e. The highest BCUT2D eigenvalue weighted by molar-refractivity contribution is 9.10. The number of fused-ring (bicyclic) bond motifs is 1. The summed E-state index contributed by atoms with van der Waals surface area (Å²) >= 11 is 12.2. The Hall–Kier alpha value is -0.980. The second kappa shape index (κ2) is 5.34. The molecule has 0 saturated heterocycles. The predicted octanol–water partition coefficient (Wildman–Crippen LogP) is 5.97. The number of nitrogens with zero attached hydrogens (tertiary/aromatic N) is 1. The predicted molar refractivity (Wildman–Crippen MR) is 93.3 cm³/mol. The molecule has 2 nitrogen and oxygen atoms in total. The van der Waals surface area contributed by atoms with Gasteiger partial charge in [0, 0.05) is 10.5 Å². The maximum atomic E-state index is 13.7. The molecule has 0 radical (unpaired) electrons. The average Bonchev–Trinajstić information content (AvgIpc) is 2.66. The summed E-state index contributed by atoms with van der Waals surface area (Å²) in [7, 11) is 0. The van der Waals surface area contributed by atoms with Gasteiger partial charge in [0.25, 0.3) is 0 Å². The summed E-state index contributed by atoms with van der Waals surface area (Å²) in [6.07, 6.45) is 0. The number of rotatable bonds is 1. The zero-order valence-electron chi connectivity index (χ0n) is 11.3. The van der Waals surface area contributed by atoms with Crippen LogP contribution in [0.25, 0.3) is 16.7 Å². The van der Waals surface area contributed by atoms with Gasteiger partial charge in [0.15, 0.2) is 4.77 Å². The molecule has 21 heavy (non-hydrogen) atoms. The first-order valence-electron chi connectivity index (χ1n) is 6.25. The summed E-state index contributed by atoms with van der Waals surface area (Å²) in [4.78, 5) is 3.07. The van der Waals surface area contributed by atoms with E-state index < -0.39 is 0 Å². The van der Waals surface area contributed by atoms with Crippen LogP contribution in [-0.4, -0.2) is 9.55 Å². The fraction of sp³-hybridized carbons (Fsp3) is 0.133. The Kier molecular flexibility index (Phi) is 3.80. The second-order valence-corrected chi connectivity index (χ2v) is 7.09. The van der Waals surface area contributed by atoms with Crippen LogP contribution in [0.15, 0.2) is 33.2 Å². The summed E-state index contributed by atoms with van der Waals surface area (Å²) in [6.45, 7) is 4.07. The quantitative estimate of drug-likeness (QED) is 0.472. The number of imidazole rings is 1. The van der Waals surface area contributed by atoms with Crippen LogP contribution in [0.3, 0.4) is 0 Å². The second-order valence-electron chi connectivity index (χ2n) is 4.94. The molecular formula is C15H11Br2FN2S. The van der Waals surface area contributed by atoms with E-state index in [0.717, 1.165) is 26.8 Å². The van der Waals surface area contributed by atoms with Crippen molar-refractivity contribution in [3.05, 3.63) is 54.9 Å². The molecule has 1 N–H and O–H groups in total. The molecule has 3 aromatic rings. The molecule has 2 aromatic carbocycles. The Morgan fingerprint density at radius 2 is 1.71 bits per heavy atom. The smallest absolute Gasteiger partial charge is 0.182 e. The molecule has 0 amide bonds. The highest BCUT2D eigenvalue weighted by atomic mass is 79.9. The van der Waals surface area contributed by atoms with Crippen molar-refractivity contribution >= 4 is 55.1 Å². The van der Waals surface area contributed by atoms with E-state index >= 15 is 0 Å². The number of aromatic amines is 1. The van der Waals surface area contributed by atoms with Crippen LogP contribution in [0.1, 0.15) is 11.1 Å². The van der Waals surface area contributed by atoms with E-state index in [9.17, 15) is 4.39 Å². The molecule has 1 heterocycles. The summed E-state index contributed by atoms with van der Waals surface area (Å²) < 4.78 is 17.6. The maximum Gasteiger partial charge on any atom is 0.182 e. The lowest BCUT2D eigenvalue weighted by molar-refractivity contribution is 0.623. The Labute approximate surface area is 143 Å². The van der Waals surface area contributed by atoms with Crippen LogP contribution in [0.4, 0.5) is 4.39 Å². The fourth-order valence-electron chi connectivity index (χ4n) is 2.58. The summed E-state index contributed by atoms with van der Waals surface area (Å²) in [5.74, 6) is -0.310. The third-order valence-corrected chi connectivity index (χ3v) is 4.75. The first-order chi connectivity index (χ1) is 9.88. The van der Waals surface area contributed by atoms with Crippen molar-refractivity contribution in [2.24, 2.45) is 0 Å². The topological polar surface area (TPSA) is 20.7 Å². The van der Waals surface area contributed by atoms with E-state index in [1.807, 2.05) is 30.5 Å². The van der Waals surface area contributed by atoms with Gasteiger partial charge in [0.2, 0.25) is 0 Å². The summed E-state index contributed by atoms with van der Waals surface area (Å²) in [5.41, 5.74) is 4.75. The lowest BCUT2D eigenvalue weighted by Gasteiger charge is -2.13. The number of aryl methyl sites for hydroxylation is 2. The van der Waals surface area contributed by atoms with Crippen LogP contribution in [0.5, 0.6) is 0 Å². The molecule has 0 bridgehead atoms. The standard InChI is InChI=1S/C15H11Br2FN2S/c1-7-3-9(16)4-8(2)14(7)20-13-5-10(17)11(18)6-12(13)19-15(20)21/h3-6H,1-2H3,(H,19,21). The van der Waals surface area contributed by atoms with E-state index in [-0.39, 0.29) is 5.82 Å². The van der Waals surface area contributed by atoms with Crippen molar-refractivity contribution < 1.29 is 4.39 Å². The highest BCUT2D eigenvalue weighted by Crippen LogP contribution is 2.30. The van der Waals surface area contributed by atoms with Gasteiger partial charge in [-0.15, -0.1) is 0 Å². The van der Waals surface area contributed by atoms with E-state index in [1.165, 1.54) is 6.07 Å². The van der Waals surface area contributed by atoms with Crippen molar-refractivity contribution in [3.8, 4) is 5.69 Å². The van der Waals surface area contributed by atoms with Gasteiger partial charge >= 0.3 is 0 Å². The van der Waals surface area contributed by atoms with Gasteiger partial charge in [-0.05, 0) is 71.3 Å². The minimum atomic E-state index is -0.310. The highest BCUT2D eigenvalue weighted by Gasteiger charge is 2.14. The van der Waals surface area contributed by atoms with Crippen molar-refractivity contribution in [3.63, 3.8) is 0 Å². The van der Waals surface area contributed by atoms with Gasteiger partial charge in [0.1, 0.15) is 5.82 Å². The lowest BCUT2D eigenvalue weighted by atomic mass is 10.1. The number of hydrogen-bond acceptors (Lipinski definition) is 1. The van der Waals surface area contributed by atoms with Crippen molar-refractivity contribution in [1.29, 1.82) is 0 Å². The van der Waals surface area contributed by atoms with Gasteiger partial charge in [-0.1, -0.05) is 15.9 Å². The van der Waals surface area contributed by atoms with E-state index in [0.29, 0.717) is 14.8 Å². The van der Waals surface area contributed by atoms with Crippen LogP contribution < -0.4 is 0 Å². The van der Waals surface area contributed by atoms with E-state index in [4.69, 9.17) is 12.2 Å². The number of aromatic nitrogens is 2.